The number of nitrogens with zero attached hydrogens (tertiary/aromatic N) is 3. The molecule has 5 rings (SSSR count). The minimum atomic E-state index is -0.370. The molecule has 0 unspecified atom stereocenters. The third-order valence-corrected chi connectivity index (χ3v) is 5.01. The second kappa shape index (κ2) is 6.56. The van der Waals surface area contributed by atoms with Crippen molar-refractivity contribution in [3.63, 3.8) is 0 Å². The molecule has 0 atom stereocenters. The maximum Gasteiger partial charge on any atom is 0.253 e. The molecule has 0 aliphatic carbocycles. The Kier molecular flexibility index (Phi) is 3.90. The number of pyridine rings is 1. The van der Waals surface area contributed by atoms with Crippen LogP contribution in [-0.4, -0.2) is 27.2 Å². The lowest BCUT2D eigenvalue weighted by Crippen LogP contribution is -2.32. The molecular formula is C22H17FN4O. The van der Waals surface area contributed by atoms with E-state index < -0.39 is 0 Å². The van der Waals surface area contributed by atoms with E-state index in [-0.39, 0.29) is 11.7 Å². The van der Waals surface area contributed by atoms with Crippen LogP contribution >= 0.6 is 0 Å². The topological polar surface area (TPSA) is 59.8 Å². The van der Waals surface area contributed by atoms with Gasteiger partial charge in [-0.25, -0.2) is 4.39 Å². The zero-order valence-corrected chi connectivity index (χ0v) is 15.0. The molecule has 138 valence electrons. The Morgan fingerprint density at radius 1 is 1.11 bits per heavy atom. The number of aromatic nitrogens is 3. The number of hydrogen-bond acceptors (Lipinski definition) is 3. The molecular weight excluding hydrogens is 355 g/mol. The maximum absolute atomic E-state index is 13.9. The quantitative estimate of drug-likeness (QED) is 0.598. The smallest absolute Gasteiger partial charge is 0.253 e. The lowest BCUT2D eigenvalue weighted by Gasteiger charge is -2.19. The van der Waals surface area contributed by atoms with Crippen LogP contribution in [0, 0.1) is 5.82 Å². The molecule has 0 spiro atoms. The van der Waals surface area contributed by atoms with E-state index in [1.165, 1.54) is 12.1 Å². The highest BCUT2D eigenvalue weighted by molar-refractivity contribution is 6.11. The number of fused-ring (bicyclic) bond motifs is 3. The van der Waals surface area contributed by atoms with Gasteiger partial charge in [0.05, 0.1) is 29.7 Å². The first kappa shape index (κ1) is 16.6. The lowest BCUT2D eigenvalue weighted by molar-refractivity contribution is 0.0947. The van der Waals surface area contributed by atoms with Gasteiger partial charge in [-0.2, -0.15) is 5.10 Å². The summed E-state index contributed by atoms with van der Waals surface area (Å²) in [6, 6.07) is 14.6. The predicted octanol–water partition coefficient (Wildman–Crippen LogP) is 3.57. The molecule has 3 heterocycles. The molecule has 1 N–H and O–H groups in total. The molecule has 0 saturated heterocycles. The fourth-order valence-electron chi connectivity index (χ4n) is 3.72. The van der Waals surface area contributed by atoms with Gasteiger partial charge in [-0.3, -0.25) is 14.5 Å². The molecule has 1 aliphatic rings. The summed E-state index contributed by atoms with van der Waals surface area (Å²) in [6.07, 6.45) is 4.33. The molecule has 0 fully saturated rings. The summed E-state index contributed by atoms with van der Waals surface area (Å²) in [7, 11) is 0. The lowest BCUT2D eigenvalue weighted by atomic mass is 9.96. The first-order valence-electron chi connectivity index (χ1n) is 9.16. The maximum atomic E-state index is 13.9. The zero-order chi connectivity index (χ0) is 19.1. The Hall–Kier alpha value is -3.54. The van der Waals surface area contributed by atoms with Gasteiger partial charge in [0.15, 0.2) is 0 Å². The van der Waals surface area contributed by atoms with Gasteiger partial charge in [0, 0.05) is 35.5 Å². The molecule has 2 aromatic heterocycles. The number of nitrogens with one attached hydrogen (secondary N) is 1. The number of rotatable bonds is 3. The van der Waals surface area contributed by atoms with Gasteiger partial charge in [-0.05, 0) is 23.8 Å². The van der Waals surface area contributed by atoms with Gasteiger partial charge in [0.1, 0.15) is 5.82 Å². The summed E-state index contributed by atoms with van der Waals surface area (Å²) < 4.78 is 15.8. The zero-order valence-electron chi connectivity index (χ0n) is 15.0. The van der Waals surface area contributed by atoms with Crippen molar-refractivity contribution in [2.24, 2.45) is 0 Å². The minimum absolute atomic E-state index is 0.198. The van der Waals surface area contributed by atoms with Gasteiger partial charge in [0.2, 0.25) is 0 Å². The average Bonchev–Trinajstić information content (AvgIpc) is 3.16. The molecule has 4 aromatic rings. The Bertz CT molecular complexity index is 1200. The van der Waals surface area contributed by atoms with E-state index in [4.69, 9.17) is 4.98 Å². The van der Waals surface area contributed by atoms with Crippen LogP contribution in [0.5, 0.6) is 0 Å². The van der Waals surface area contributed by atoms with Gasteiger partial charge >= 0.3 is 0 Å². The average molecular weight is 372 g/mol. The molecule has 1 amide bonds. The minimum Gasteiger partial charge on any atom is -0.352 e. The van der Waals surface area contributed by atoms with E-state index in [1.807, 2.05) is 29.1 Å². The van der Waals surface area contributed by atoms with E-state index >= 15 is 0 Å². The SMILES string of the molecule is O=C1NCCc2nc(-c3cnn(Cc4ccccc4)c3)c3ccc(F)cc3c21. The summed E-state index contributed by atoms with van der Waals surface area (Å²) >= 11 is 0. The van der Waals surface area contributed by atoms with Crippen molar-refractivity contribution < 1.29 is 9.18 Å². The third kappa shape index (κ3) is 2.83. The van der Waals surface area contributed by atoms with Gasteiger partial charge < -0.3 is 5.32 Å². The van der Waals surface area contributed by atoms with Gasteiger partial charge in [-0.15, -0.1) is 0 Å². The van der Waals surface area contributed by atoms with E-state index in [0.29, 0.717) is 36.2 Å². The van der Waals surface area contributed by atoms with Crippen LogP contribution in [0.25, 0.3) is 22.0 Å². The molecule has 0 saturated carbocycles. The molecule has 2 aromatic carbocycles. The Morgan fingerprint density at radius 3 is 2.82 bits per heavy atom. The highest BCUT2D eigenvalue weighted by Gasteiger charge is 2.24. The van der Waals surface area contributed by atoms with Crippen molar-refractivity contribution in [1.29, 1.82) is 0 Å². The van der Waals surface area contributed by atoms with Gasteiger partial charge in [-0.1, -0.05) is 30.3 Å². The second-order valence-corrected chi connectivity index (χ2v) is 6.89. The van der Waals surface area contributed by atoms with E-state index in [0.717, 1.165) is 22.2 Å². The number of amides is 1. The molecule has 1 aliphatic heterocycles. The molecule has 5 nitrogen and oxygen atoms in total. The van der Waals surface area contributed by atoms with E-state index in [9.17, 15) is 9.18 Å². The van der Waals surface area contributed by atoms with Crippen molar-refractivity contribution >= 4 is 16.7 Å². The summed E-state index contributed by atoms with van der Waals surface area (Å²) in [6.45, 7) is 1.19. The standard InChI is InChI=1S/C22H17FN4O/c23-16-6-7-17-18(10-16)20-19(8-9-24-22(20)28)26-21(17)15-11-25-27(13-15)12-14-4-2-1-3-5-14/h1-7,10-11,13H,8-9,12H2,(H,24,28). The van der Waals surface area contributed by atoms with Gasteiger partial charge in [0.25, 0.3) is 5.91 Å². The first-order valence-corrected chi connectivity index (χ1v) is 9.16. The van der Waals surface area contributed by atoms with Crippen LogP contribution in [0.3, 0.4) is 0 Å². The van der Waals surface area contributed by atoms with Crippen LogP contribution in [0.1, 0.15) is 21.6 Å². The fourth-order valence-corrected chi connectivity index (χ4v) is 3.72. The third-order valence-electron chi connectivity index (χ3n) is 5.01. The molecule has 6 heteroatoms. The Morgan fingerprint density at radius 2 is 1.96 bits per heavy atom. The van der Waals surface area contributed by atoms with Crippen LogP contribution in [-0.2, 0) is 13.0 Å². The molecule has 0 radical (unpaired) electrons. The molecule has 28 heavy (non-hydrogen) atoms. The summed E-state index contributed by atoms with van der Waals surface area (Å²) in [5.74, 6) is -0.569. The van der Waals surface area contributed by atoms with Crippen LogP contribution in [0.2, 0.25) is 0 Å². The highest BCUT2D eigenvalue weighted by atomic mass is 19.1. The summed E-state index contributed by atoms with van der Waals surface area (Å²) in [5, 5.41) is 8.62. The first-order chi connectivity index (χ1) is 13.7. The Labute approximate surface area is 160 Å². The second-order valence-electron chi connectivity index (χ2n) is 6.89. The van der Waals surface area contributed by atoms with Crippen molar-refractivity contribution in [1.82, 2.24) is 20.1 Å². The van der Waals surface area contributed by atoms with E-state index in [1.54, 1.807) is 12.3 Å². The Balaban J connectivity index is 1.64. The van der Waals surface area contributed by atoms with Crippen LogP contribution < -0.4 is 5.32 Å². The van der Waals surface area contributed by atoms with Crippen molar-refractivity contribution in [3.8, 4) is 11.3 Å². The normalized spacial score (nSPS) is 13.4. The predicted molar refractivity (Wildman–Crippen MR) is 105 cm³/mol. The number of carbonyl (C=O) groups is 1. The van der Waals surface area contributed by atoms with E-state index in [2.05, 4.69) is 22.5 Å². The highest BCUT2D eigenvalue weighted by Crippen LogP contribution is 2.32. The van der Waals surface area contributed by atoms with Crippen LogP contribution in [0.4, 0.5) is 4.39 Å². The van der Waals surface area contributed by atoms with Crippen molar-refractivity contribution in [2.75, 3.05) is 6.54 Å². The summed E-state index contributed by atoms with van der Waals surface area (Å²) in [4.78, 5) is 17.2. The summed E-state index contributed by atoms with van der Waals surface area (Å²) in [5.41, 5.74) is 3.90. The van der Waals surface area contributed by atoms with Crippen molar-refractivity contribution in [2.45, 2.75) is 13.0 Å². The molecule has 0 bridgehead atoms. The fraction of sp³-hybridized carbons (Fsp3) is 0.136. The number of carbonyl (C=O) groups excluding carboxylic acids is 1. The largest absolute Gasteiger partial charge is 0.352 e. The van der Waals surface area contributed by atoms with Crippen molar-refractivity contribution in [3.05, 3.63) is 83.6 Å². The monoisotopic (exact) mass is 372 g/mol. The number of benzene rings is 2. The van der Waals surface area contributed by atoms with Crippen LogP contribution in [0.15, 0.2) is 60.9 Å². The number of halogens is 1. The number of hydrogen-bond donors (Lipinski definition) is 1.